The molecule has 1 heterocycles. The van der Waals surface area contributed by atoms with Gasteiger partial charge in [0, 0.05) is 18.8 Å². The molecule has 2 N–H and O–H groups in total. The molecular weight excluding hydrogens is 374 g/mol. The first-order valence-electron chi connectivity index (χ1n) is 8.39. The van der Waals surface area contributed by atoms with Gasteiger partial charge in [0.1, 0.15) is 0 Å². The van der Waals surface area contributed by atoms with Crippen molar-refractivity contribution in [2.24, 2.45) is 0 Å². The van der Waals surface area contributed by atoms with Crippen molar-refractivity contribution in [1.82, 2.24) is 4.31 Å². The molecule has 6 nitrogen and oxygen atoms in total. The van der Waals surface area contributed by atoms with Crippen molar-refractivity contribution in [2.75, 3.05) is 23.7 Å². The number of amides is 2. The van der Waals surface area contributed by atoms with Gasteiger partial charge in [-0.3, -0.25) is 0 Å². The second-order valence-corrected chi connectivity index (χ2v) is 8.40. The molecule has 2 amide bonds. The average molecular weight is 394 g/mol. The number of urea groups is 1. The van der Waals surface area contributed by atoms with Gasteiger partial charge in [-0.15, -0.1) is 0 Å². The Bertz CT molecular complexity index is 882. The Kier molecular flexibility index (Phi) is 5.80. The summed E-state index contributed by atoms with van der Waals surface area (Å²) >= 11 is 6.13. The number of rotatable bonds is 4. The molecule has 0 aromatic heterocycles. The Hall–Kier alpha value is -2.09. The van der Waals surface area contributed by atoms with Crippen molar-refractivity contribution in [3.63, 3.8) is 0 Å². The smallest absolute Gasteiger partial charge is 0.308 e. The highest BCUT2D eigenvalue weighted by Crippen LogP contribution is 2.28. The van der Waals surface area contributed by atoms with Crippen LogP contribution in [0.25, 0.3) is 0 Å². The summed E-state index contributed by atoms with van der Waals surface area (Å²) in [5.74, 6) is 0. The van der Waals surface area contributed by atoms with Crippen LogP contribution in [0.1, 0.15) is 19.3 Å². The molecule has 138 valence electrons. The van der Waals surface area contributed by atoms with E-state index in [4.69, 9.17) is 11.6 Å². The lowest BCUT2D eigenvalue weighted by Gasteiger charge is -2.26. The molecule has 0 radical (unpaired) electrons. The van der Waals surface area contributed by atoms with Crippen LogP contribution in [0, 0.1) is 0 Å². The normalized spacial score (nSPS) is 15.4. The van der Waals surface area contributed by atoms with E-state index in [1.165, 1.54) is 22.5 Å². The van der Waals surface area contributed by atoms with Crippen LogP contribution in [-0.4, -0.2) is 31.8 Å². The molecule has 0 atom stereocenters. The monoisotopic (exact) mass is 393 g/mol. The molecule has 0 aliphatic carbocycles. The van der Waals surface area contributed by atoms with Gasteiger partial charge < -0.3 is 10.6 Å². The van der Waals surface area contributed by atoms with Crippen LogP contribution >= 0.6 is 11.6 Å². The lowest BCUT2D eigenvalue weighted by molar-refractivity contribution is 0.262. The lowest BCUT2D eigenvalue weighted by Crippen LogP contribution is -2.35. The molecule has 1 fully saturated rings. The molecule has 0 spiro atoms. The lowest BCUT2D eigenvalue weighted by atomic mass is 10.2. The summed E-state index contributed by atoms with van der Waals surface area (Å²) in [5.41, 5.74) is 0.872. The fraction of sp³-hybridized carbons (Fsp3) is 0.278. The van der Waals surface area contributed by atoms with Crippen molar-refractivity contribution < 1.29 is 13.2 Å². The van der Waals surface area contributed by atoms with Gasteiger partial charge in [-0.25, -0.2) is 13.2 Å². The Labute approximate surface area is 158 Å². The van der Waals surface area contributed by atoms with Crippen LogP contribution in [-0.2, 0) is 10.0 Å². The highest BCUT2D eigenvalue weighted by molar-refractivity contribution is 7.89. The molecular formula is C18H20ClN3O3S. The minimum Gasteiger partial charge on any atom is -0.308 e. The molecule has 0 unspecified atom stereocenters. The average Bonchev–Trinajstić information content (AvgIpc) is 2.65. The number of benzene rings is 2. The molecule has 1 saturated heterocycles. The van der Waals surface area contributed by atoms with Crippen molar-refractivity contribution >= 4 is 39.0 Å². The topological polar surface area (TPSA) is 78.5 Å². The van der Waals surface area contributed by atoms with E-state index in [-0.39, 0.29) is 15.6 Å². The fourth-order valence-electron chi connectivity index (χ4n) is 2.82. The first-order valence-corrected chi connectivity index (χ1v) is 10.2. The second kappa shape index (κ2) is 8.07. The van der Waals surface area contributed by atoms with Crippen LogP contribution in [0.3, 0.4) is 0 Å². The number of sulfonamides is 1. The molecule has 0 bridgehead atoms. The maximum atomic E-state index is 12.8. The number of nitrogens with zero attached hydrogens (tertiary/aromatic N) is 1. The van der Waals surface area contributed by atoms with E-state index < -0.39 is 16.1 Å². The summed E-state index contributed by atoms with van der Waals surface area (Å²) < 4.78 is 27.0. The first kappa shape index (κ1) is 18.7. The molecule has 1 aliphatic rings. The third kappa shape index (κ3) is 4.35. The van der Waals surface area contributed by atoms with Crippen LogP contribution in [0.15, 0.2) is 53.4 Å². The number of hydrogen-bond donors (Lipinski definition) is 2. The number of nitrogens with one attached hydrogen (secondary N) is 2. The van der Waals surface area contributed by atoms with Crippen LogP contribution < -0.4 is 10.6 Å². The van der Waals surface area contributed by atoms with Crippen LogP contribution in [0.2, 0.25) is 5.02 Å². The van der Waals surface area contributed by atoms with E-state index in [2.05, 4.69) is 10.6 Å². The Morgan fingerprint density at radius 2 is 1.65 bits per heavy atom. The third-order valence-electron chi connectivity index (χ3n) is 4.17. The van der Waals surface area contributed by atoms with Gasteiger partial charge in [-0.1, -0.05) is 36.2 Å². The van der Waals surface area contributed by atoms with Crippen molar-refractivity contribution in [3.8, 4) is 0 Å². The highest BCUT2D eigenvalue weighted by atomic mass is 35.5. The number of para-hydroxylation sites is 1. The summed E-state index contributed by atoms with van der Waals surface area (Å²) in [7, 11) is -3.59. The van der Waals surface area contributed by atoms with Crippen molar-refractivity contribution in [2.45, 2.75) is 24.2 Å². The maximum Gasteiger partial charge on any atom is 0.323 e. The summed E-state index contributed by atoms with van der Waals surface area (Å²) in [6.45, 7) is 1.03. The standard InChI is InChI=1S/C18H20ClN3O3S/c19-16-10-9-15(26(24,25)22-11-5-2-6-12-22)13-17(16)21-18(23)20-14-7-3-1-4-8-14/h1,3-4,7-10,13H,2,5-6,11-12H2,(H2,20,21,23). The van der Waals surface area contributed by atoms with Crippen LogP contribution in [0.5, 0.6) is 0 Å². The second-order valence-electron chi connectivity index (χ2n) is 6.05. The summed E-state index contributed by atoms with van der Waals surface area (Å²) in [5, 5.41) is 5.55. The predicted molar refractivity (Wildman–Crippen MR) is 103 cm³/mol. The van der Waals surface area contributed by atoms with E-state index in [9.17, 15) is 13.2 Å². The molecule has 3 rings (SSSR count). The summed E-state index contributed by atoms with van der Waals surface area (Å²) in [6.07, 6.45) is 2.76. The van der Waals surface area contributed by atoms with Crippen molar-refractivity contribution in [3.05, 3.63) is 53.6 Å². The SMILES string of the molecule is O=C(Nc1ccccc1)Nc1cc(S(=O)(=O)N2CCCCC2)ccc1Cl. The van der Waals surface area contributed by atoms with E-state index in [0.717, 1.165) is 19.3 Å². The van der Waals surface area contributed by atoms with Gasteiger partial charge in [0.05, 0.1) is 15.6 Å². The van der Waals surface area contributed by atoms with Gasteiger partial charge >= 0.3 is 6.03 Å². The predicted octanol–water partition coefficient (Wildman–Crippen LogP) is 4.16. The minimum absolute atomic E-state index is 0.124. The van der Waals surface area contributed by atoms with Gasteiger partial charge in [0.25, 0.3) is 0 Å². The molecule has 1 aliphatic heterocycles. The van der Waals surface area contributed by atoms with Crippen LogP contribution in [0.4, 0.5) is 16.2 Å². The Morgan fingerprint density at radius 3 is 2.35 bits per heavy atom. The van der Waals surface area contributed by atoms with E-state index in [1.54, 1.807) is 24.3 Å². The van der Waals surface area contributed by atoms with Gasteiger partial charge in [0.15, 0.2) is 0 Å². The number of carbonyl (C=O) groups is 1. The minimum atomic E-state index is -3.59. The largest absolute Gasteiger partial charge is 0.323 e. The number of anilines is 2. The zero-order valence-electron chi connectivity index (χ0n) is 14.1. The van der Waals surface area contributed by atoms with Gasteiger partial charge in [-0.2, -0.15) is 4.31 Å². The zero-order valence-corrected chi connectivity index (χ0v) is 15.7. The van der Waals surface area contributed by atoms with E-state index >= 15 is 0 Å². The third-order valence-corrected chi connectivity index (χ3v) is 6.39. The van der Waals surface area contributed by atoms with Gasteiger partial charge in [-0.05, 0) is 43.2 Å². The summed E-state index contributed by atoms with van der Waals surface area (Å²) in [6, 6.07) is 12.8. The quantitative estimate of drug-likeness (QED) is 0.818. The maximum absolute atomic E-state index is 12.8. The highest BCUT2D eigenvalue weighted by Gasteiger charge is 2.26. The molecule has 2 aromatic rings. The van der Waals surface area contributed by atoms with Gasteiger partial charge in [0.2, 0.25) is 10.0 Å². The molecule has 8 heteroatoms. The van der Waals surface area contributed by atoms with Crippen molar-refractivity contribution in [1.29, 1.82) is 0 Å². The zero-order chi connectivity index (χ0) is 18.6. The van der Waals surface area contributed by atoms with E-state index in [1.807, 2.05) is 6.07 Å². The number of carbonyl (C=O) groups excluding carboxylic acids is 1. The number of halogens is 1. The first-order chi connectivity index (χ1) is 12.5. The Balaban J connectivity index is 1.78. The summed E-state index contributed by atoms with van der Waals surface area (Å²) in [4.78, 5) is 12.3. The fourth-order valence-corrected chi connectivity index (χ4v) is 4.53. The van der Waals surface area contributed by atoms with E-state index in [0.29, 0.717) is 18.8 Å². The molecule has 2 aromatic carbocycles. The molecule has 26 heavy (non-hydrogen) atoms. The number of hydrogen-bond acceptors (Lipinski definition) is 3. The Morgan fingerprint density at radius 1 is 0.962 bits per heavy atom. The number of piperidine rings is 1. The molecule has 0 saturated carbocycles.